The van der Waals surface area contributed by atoms with Crippen molar-refractivity contribution < 1.29 is 19.0 Å². The van der Waals surface area contributed by atoms with Gasteiger partial charge in [0.05, 0.1) is 39.2 Å². The van der Waals surface area contributed by atoms with E-state index in [1.54, 1.807) is 16.7 Å². The molecule has 1 atom stereocenters. The van der Waals surface area contributed by atoms with Gasteiger partial charge in [0, 0.05) is 13.1 Å². The fourth-order valence-electron chi connectivity index (χ4n) is 3.11. The minimum atomic E-state index is -0.119. The summed E-state index contributed by atoms with van der Waals surface area (Å²) < 4.78 is 18.2. The lowest BCUT2D eigenvalue weighted by molar-refractivity contribution is -0.00240. The maximum Gasteiger partial charge on any atom is 0.276 e. The number of morpholine rings is 1. The van der Waals surface area contributed by atoms with Crippen LogP contribution in [0.4, 0.5) is 0 Å². The Bertz CT molecular complexity index is 753. The second-order valence-electron chi connectivity index (χ2n) is 6.04. The van der Waals surface area contributed by atoms with Crippen molar-refractivity contribution in [3.63, 3.8) is 0 Å². The average Bonchev–Trinajstić information content (AvgIpc) is 3.11. The highest BCUT2D eigenvalue weighted by Gasteiger charge is 2.30. The molecule has 25 heavy (non-hydrogen) atoms. The predicted octanol–water partition coefficient (Wildman–Crippen LogP) is 1.03. The summed E-state index contributed by atoms with van der Waals surface area (Å²) >= 11 is 0. The van der Waals surface area contributed by atoms with Crippen LogP contribution in [0.3, 0.4) is 0 Å². The van der Waals surface area contributed by atoms with Crippen LogP contribution in [0.5, 0.6) is 5.75 Å². The molecule has 0 spiro atoms. The maximum absolute atomic E-state index is 12.6. The van der Waals surface area contributed by atoms with Gasteiger partial charge in [-0.1, -0.05) is 17.3 Å². The summed E-state index contributed by atoms with van der Waals surface area (Å²) in [6.45, 7) is 3.14. The van der Waals surface area contributed by atoms with Gasteiger partial charge in [-0.05, 0) is 17.7 Å². The summed E-state index contributed by atoms with van der Waals surface area (Å²) in [7, 11) is 1.64. The summed E-state index contributed by atoms with van der Waals surface area (Å²) in [6.07, 6.45) is -0.119. The first kappa shape index (κ1) is 16.0. The number of amides is 1. The lowest BCUT2D eigenvalue weighted by atomic mass is 10.1. The van der Waals surface area contributed by atoms with E-state index in [1.165, 1.54) is 0 Å². The van der Waals surface area contributed by atoms with Crippen molar-refractivity contribution in [3.05, 3.63) is 41.2 Å². The van der Waals surface area contributed by atoms with Gasteiger partial charge in [0.2, 0.25) is 0 Å². The summed E-state index contributed by atoms with van der Waals surface area (Å²) in [4.78, 5) is 14.4. The quantitative estimate of drug-likeness (QED) is 0.828. The Morgan fingerprint density at radius 2 is 2.00 bits per heavy atom. The molecule has 1 aromatic heterocycles. The average molecular weight is 344 g/mol. The number of methoxy groups -OCH3 is 1. The molecule has 2 aliphatic heterocycles. The van der Waals surface area contributed by atoms with E-state index in [-0.39, 0.29) is 12.0 Å². The molecule has 0 saturated carbocycles. The van der Waals surface area contributed by atoms with Crippen molar-refractivity contribution in [2.45, 2.75) is 19.3 Å². The monoisotopic (exact) mass is 344 g/mol. The van der Waals surface area contributed by atoms with Gasteiger partial charge in [0.1, 0.15) is 11.9 Å². The van der Waals surface area contributed by atoms with Gasteiger partial charge in [-0.15, -0.1) is 5.10 Å². The Hall–Kier alpha value is -2.45. The molecule has 0 aliphatic carbocycles. The Morgan fingerprint density at radius 1 is 1.24 bits per heavy atom. The van der Waals surface area contributed by atoms with Gasteiger partial charge >= 0.3 is 0 Å². The second kappa shape index (κ2) is 6.81. The Kier molecular flexibility index (Phi) is 4.37. The second-order valence-corrected chi connectivity index (χ2v) is 6.04. The lowest BCUT2D eigenvalue weighted by Gasteiger charge is -2.27. The van der Waals surface area contributed by atoms with Gasteiger partial charge in [-0.2, -0.15) is 0 Å². The number of aromatic nitrogens is 3. The SMILES string of the molecule is COc1ccc(C2Cn3nnc(C(=O)N4CCOCC4)c3CO2)cc1. The molecule has 8 nitrogen and oxygen atoms in total. The third kappa shape index (κ3) is 3.10. The van der Waals surface area contributed by atoms with E-state index in [0.29, 0.717) is 45.1 Å². The fourth-order valence-corrected chi connectivity index (χ4v) is 3.11. The largest absolute Gasteiger partial charge is 0.497 e. The smallest absolute Gasteiger partial charge is 0.276 e. The lowest BCUT2D eigenvalue weighted by Crippen LogP contribution is -2.41. The molecular formula is C17H20N4O4. The summed E-state index contributed by atoms with van der Waals surface area (Å²) in [6, 6.07) is 7.77. The van der Waals surface area contributed by atoms with Crippen molar-refractivity contribution in [1.29, 1.82) is 0 Å². The zero-order valence-electron chi connectivity index (χ0n) is 14.1. The van der Waals surface area contributed by atoms with Crippen LogP contribution in [0.2, 0.25) is 0 Å². The summed E-state index contributed by atoms with van der Waals surface area (Å²) in [5.74, 6) is 0.704. The van der Waals surface area contributed by atoms with Gasteiger partial charge in [-0.3, -0.25) is 4.79 Å². The van der Waals surface area contributed by atoms with E-state index >= 15 is 0 Å². The third-order valence-corrected chi connectivity index (χ3v) is 4.59. The molecule has 1 saturated heterocycles. The number of hydrogen-bond acceptors (Lipinski definition) is 6. The van der Waals surface area contributed by atoms with Gasteiger partial charge in [-0.25, -0.2) is 4.68 Å². The van der Waals surface area contributed by atoms with Crippen molar-refractivity contribution in [2.75, 3.05) is 33.4 Å². The molecule has 8 heteroatoms. The summed E-state index contributed by atoms with van der Waals surface area (Å²) in [5, 5.41) is 8.27. The zero-order chi connectivity index (χ0) is 17.2. The predicted molar refractivity (Wildman–Crippen MR) is 87.3 cm³/mol. The van der Waals surface area contributed by atoms with E-state index in [4.69, 9.17) is 14.2 Å². The number of benzene rings is 1. The molecule has 1 amide bonds. The van der Waals surface area contributed by atoms with E-state index in [2.05, 4.69) is 10.3 Å². The number of rotatable bonds is 3. The van der Waals surface area contributed by atoms with E-state index < -0.39 is 0 Å². The fraction of sp³-hybridized carbons (Fsp3) is 0.471. The minimum Gasteiger partial charge on any atom is -0.497 e. The maximum atomic E-state index is 12.6. The topological polar surface area (TPSA) is 78.7 Å². The van der Waals surface area contributed by atoms with Crippen LogP contribution in [0.25, 0.3) is 0 Å². The van der Waals surface area contributed by atoms with Crippen molar-refractivity contribution in [2.24, 2.45) is 0 Å². The third-order valence-electron chi connectivity index (χ3n) is 4.59. The molecular weight excluding hydrogens is 324 g/mol. The Balaban J connectivity index is 1.50. The van der Waals surface area contributed by atoms with Crippen LogP contribution in [0, 0.1) is 0 Å². The molecule has 0 bridgehead atoms. The van der Waals surface area contributed by atoms with Gasteiger partial charge < -0.3 is 19.1 Å². The Labute approximate surface area is 145 Å². The first-order valence-corrected chi connectivity index (χ1v) is 8.31. The number of nitrogens with zero attached hydrogens (tertiary/aromatic N) is 4. The molecule has 1 unspecified atom stereocenters. The van der Waals surface area contributed by atoms with Crippen molar-refractivity contribution in [3.8, 4) is 5.75 Å². The van der Waals surface area contributed by atoms with Crippen LogP contribution in [0.15, 0.2) is 24.3 Å². The van der Waals surface area contributed by atoms with Crippen LogP contribution in [-0.2, 0) is 22.6 Å². The molecule has 1 fully saturated rings. The molecule has 132 valence electrons. The molecule has 2 aliphatic rings. The number of hydrogen-bond donors (Lipinski definition) is 0. The van der Waals surface area contributed by atoms with Crippen LogP contribution in [-0.4, -0.2) is 59.2 Å². The van der Waals surface area contributed by atoms with Crippen LogP contribution < -0.4 is 4.74 Å². The van der Waals surface area contributed by atoms with Gasteiger partial charge in [0.25, 0.3) is 5.91 Å². The molecule has 0 N–H and O–H groups in total. The summed E-state index contributed by atoms with van der Waals surface area (Å²) in [5.41, 5.74) is 2.17. The van der Waals surface area contributed by atoms with Crippen molar-refractivity contribution in [1.82, 2.24) is 19.9 Å². The van der Waals surface area contributed by atoms with E-state index in [1.807, 2.05) is 24.3 Å². The molecule has 0 radical (unpaired) electrons. The number of carbonyl (C=O) groups excluding carboxylic acids is 1. The highest BCUT2D eigenvalue weighted by Crippen LogP contribution is 2.28. The molecule has 4 rings (SSSR count). The highest BCUT2D eigenvalue weighted by molar-refractivity contribution is 5.93. The normalized spacial score (nSPS) is 20.2. The highest BCUT2D eigenvalue weighted by atomic mass is 16.5. The molecule has 3 heterocycles. The zero-order valence-corrected chi connectivity index (χ0v) is 14.1. The number of fused-ring (bicyclic) bond motifs is 1. The van der Waals surface area contributed by atoms with Crippen LogP contribution in [0.1, 0.15) is 27.8 Å². The molecule has 2 aromatic rings. The first-order valence-electron chi connectivity index (χ1n) is 8.31. The first-order chi connectivity index (χ1) is 12.3. The number of carbonyl (C=O) groups is 1. The minimum absolute atomic E-state index is 0.101. The van der Waals surface area contributed by atoms with E-state index in [9.17, 15) is 4.79 Å². The number of ether oxygens (including phenoxy) is 3. The molecule has 1 aromatic carbocycles. The Morgan fingerprint density at radius 3 is 2.72 bits per heavy atom. The van der Waals surface area contributed by atoms with E-state index in [0.717, 1.165) is 17.0 Å². The standard InChI is InChI=1S/C17H20N4O4/c1-23-13-4-2-12(3-5-13)15-10-21-14(11-25-15)16(18-19-21)17(22)20-6-8-24-9-7-20/h2-5,15H,6-11H2,1H3. The van der Waals surface area contributed by atoms with Crippen LogP contribution >= 0.6 is 0 Å². The van der Waals surface area contributed by atoms with Gasteiger partial charge in [0.15, 0.2) is 5.69 Å². The van der Waals surface area contributed by atoms with Crippen molar-refractivity contribution >= 4 is 5.91 Å².